The number of rotatable bonds is 17. The molecule has 5 N–H and O–H groups in total. The molecule has 3 saturated heterocycles. The van der Waals surface area contributed by atoms with Gasteiger partial charge in [-0.05, 0) is 44.9 Å². The van der Waals surface area contributed by atoms with Gasteiger partial charge in [0.25, 0.3) is 0 Å². The van der Waals surface area contributed by atoms with Crippen molar-refractivity contribution in [2.24, 2.45) is 23.3 Å². The maximum Gasteiger partial charge on any atom is 0.222 e. The number of carbonyl (C=O) groups excluding carboxylic acids is 2. The summed E-state index contributed by atoms with van der Waals surface area (Å²) in [5, 5.41) is 2.88. The lowest BCUT2D eigenvalue weighted by Gasteiger charge is -2.39. The molecule has 41 heavy (non-hydrogen) atoms. The van der Waals surface area contributed by atoms with Gasteiger partial charge in [0, 0.05) is 19.4 Å². The molecule has 3 aliphatic rings. The summed E-state index contributed by atoms with van der Waals surface area (Å²) in [6.07, 6.45) is 11.9. The molecule has 3 heterocycles. The largest absolute Gasteiger partial charge is 0.379 e. The van der Waals surface area contributed by atoms with Crippen LogP contribution in [0.4, 0.5) is 0 Å². The first kappa shape index (κ1) is 33.7. The average Bonchev–Trinajstić information content (AvgIpc) is 3.69. The molecule has 0 aromatic rings. The average molecular weight is 580 g/mol. The highest BCUT2D eigenvalue weighted by Crippen LogP contribution is 2.42. The van der Waals surface area contributed by atoms with E-state index in [2.05, 4.69) is 45.2 Å². The van der Waals surface area contributed by atoms with Gasteiger partial charge in [-0.25, -0.2) is 0 Å². The van der Waals surface area contributed by atoms with E-state index in [1.807, 2.05) is 6.08 Å². The van der Waals surface area contributed by atoms with Crippen LogP contribution < -0.4 is 16.8 Å². The Morgan fingerprint density at radius 2 is 1.85 bits per heavy atom. The molecule has 3 fully saturated rings. The molecule has 10 heteroatoms. The minimum atomic E-state index is -0.413. The first-order chi connectivity index (χ1) is 19.6. The number of carbonyl (C=O) groups is 2. The zero-order valence-electron chi connectivity index (χ0n) is 25.5. The van der Waals surface area contributed by atoms with Crippen molar-refractivity contribution >= 4 is 11.8 Å². The number of hydrogen-bond acceptors (Lipinski definition) is 8. The fraction of sp³-hybridized carbons (Fsp3) is 0.806. The van der Waals surface area contributed by atoms with E-state index < -0.39 is 11.5 Å². The number of nitrogens with one attached hydrogen (secondary N) is 1. The summed E-state index contributed by atoms with van der Waals surface area (Å²) in [6.45, 7) is 11.2. The number of allylic oxidation sites excluding steroid dienone is 2. The highest BCUT2D eigenvalue weighted by molar-refractivity contribution is 5.76. The monoisotopic (exact) mass is 579 g/mol. The molecule has 0 bridgehead atoms. The van der Waals surface area contributed by atoms with Gasteiger partial charge in [0.2, 0.25) is 11.8 Å². The normalized spacial score (nSPS) is 33.8. The fourth-order valence-electron chi connectivity index (χ4n) is 5.87. The van der Waals surface area contributed by atoms with Crippen molar-refractivity contribution in [3.8, 4) is 0 Å². The summed E-state index contributed by atoms with van der Waals surface area (Å²) in [6, 6.07) is -0.275. The zero-order chi connectivity index (χ0) is 29.8. The Balaban J connectivity index is 1.40. The molecule has 0 aromatic carbocycles. The van der Waals surface area contributed by atoms with E-state index in [0.29, 0.717) is 57.3 Å². The van der Waals surface area contributed by atoms with E-state index >= 15 is 0 Å². The Morgan fingerprint density at radius 3 is 2.54 bits per heavy atom. The second kappa shape index (κ2) is 16.7. The number of amides is 2. The minimum absolute atomic E-state index is 0.0987. The van der Waals surface area contributed by atoms with Crippen molar-refractivity contribution in [2.45, 2.75) is 109 Å². The lowest BCUT2D eigenvalue weighted by atomic mass is 9.82. The van der Waals surface area contributed by atoms with Crippen LogP contribution in [0.2, 0.25) is 0 Å². The minimum Gasteiger partial charge on any atom is -0.379 e. The number of nitrogens with two attached hydrogens (primary N) is 2. The lowest BCUT2D eigenvalue weighted by Crippen LogP contribution is -2.55. The second-order valence-corrected chi connectivity index (χ2v) is 12.0. The molecule has 0 saturated carbocycles. The third-order valence-corrected chi connectivity index (χ3v) is 8.49. The summed E-state index contributed by atoms with van der Waals surface area (Å²) >= 11 is 0. The molecule has 3 rings (SSSR count). The standard InChI is InChI=1S/C31H53N3O7/c1-5-6-24-17-22(3)26(40-23(24)4)9-7-21(2)8-10-27-30(33)31(20-39-31)19-25(41-27)18-29(36)34-12-14-38-16-15-37-13-11-28(32)35/h7-8,10,22-27,30H,5-6,9,11-20,33H2,1-4H3,(H2,32,35)(H,34,36)/b10-8+,21-7+/t22-,23+,24+,25+,26-,27+,30+,31+/m0/s1. The molecule has 2 amide bonds. The molecule has 0 aliphatic carbocycles. The summed E-state index contributed by atoms with van der Waals surface area (Å²) in [4.78, 5) is 23.2. The molecule has 0 unspecified atom stereocenters. The Labute approximate surface area is 245 Å². The molecular formula is C31H53N3O7. The van der Waals surface area contributed by atoms with Gasteiger partial charge in [0.15, 0.2) is 0 Å². The van der Waals surface area contributed by atoms with Gasteiger partial charge in [-0.2, -0.15) is 0 Å². The summed E-state index contributed by atoms with van der Waals surface area (Å²) in [7, 11) is 0. The number of primary amides is 1. The second-order valence-electron chi connectivity index (χ2n) is 12.0. The van der Waals surface area contributed by atoms with Gasteiger partial charge >= 0.3 is 0 Å². The van der Waals surface area contributed by atoms with E-state index in [0.717, 1.165) is 12.0 Å². The SMILES string of the molecule is CCC[C@@H]1C[C@H](C)[C@H](C/C=C(C)/C=C/[C@H]2O[C@H](CC(=O)NCCOCCOCCC(N)=O)C[C@@]3(CO3)[C@@H]2N)O[C@@H]1C. The van der Waals surface area contributed by atoms with Crippen LogP contribution in [0.15, 0.2) is 23.8 Å². The Kier molecular flexibility index (Phi) is 13.7. The van der Waals surface area contributed by atoms with Gasteiger partial charge in [0.05, 0.1) is 69.9 Å². The molecule has 3 aliphatic heterocycles. The van der Waals surface area contributed by atoms with Crippen LogP contribution in [-0.2, 0) is 33.3 Å². The molecule has 0 aromatic heterocycles. The molecular weight excluding hydrogens is 526 g/mol. The number of ether oxygens (including phenoxy) is 5. The predicted molar refractivity (Wildman–Crippen MR) is 157 cm³/mol. The van der Waals surface area contributed by atoms with Gasteiger partial charge < -0.3 is 40.5 Å². The first-order valence-electron chi connectivity index (χ1n) is 15.4. The van der Waals surface area contributed by atoms with Crippen molar-refractivity contribution in [1.29, 1.82) is 0 Å². The summed E-state index contributed by atoms with van der Waals surface area (Å²) in [5.74, 6) is 0.715. The predicted octanol–water partition coefficient (Wildman–Crippen LogP) is 2.78. The topological polar surface area (TPSA) is 148 Å². The van der Waals surface area contributed by atoms with Crippen LogP contribution in [0.5, 0.6) is 0 Å². The van der Waals surface area contributed by atoms with E-state index in [4.69, 9.17) is 35.2 Å². The first-order valence-corrected chi connectivity index (χ1v) is 15.4. The molecule has 1 spiro atoms. The van der Waals surface area contributed by atoms with Crippen LogP contribution in [0.1, 0.15) is 72.6 Å². The van der Waals surface area contributed by atoms with E-state index in [-0.39, 0.29) is 49.7 Å². The highest BCUT2D eigenvalue weighted by atomic mass is 16.6. The van der Waals surface area contributed by atoms with Crippen molar-refractivity contribution < 1.29 is 33.3 Å². The van der Waals surface area contributed by atoms with E-state index in [1.54, 1.807) is 0 Å². The van der Waals surface area contributed by atoms with Gasteiger partial charge in [0.1, 0.15) is 5.60 Å². The molecule has 8 atom stereocenters. The van der Waals surface area contributed by atoms with Crippen molar-refractivity contribution in [2.75, 3.05) is 39.6 Å². The van der Waals surface area contributed by atoms with Gasteiger partial charge in [-0.3, -0.25) is 9.59 Å². The molecule has 234 valence electrons. The van der Waals surface area contributed by atoms with Gasteiger partial charge in [-0.15, -0.1) is 0 Å². The van der Waals surface area contributed by atoms with Crippen LogP contribution in [-0.4, -0.2) is 87.5 Å². The highest BCUT2D eigenvalue weighted by Gasteiger charge is 2.57. The fourth-order valence-corrected chi connectivity index (χ4v) is 5.87. The van der Waals surface area contributed by atoms with Crippen LogP contribution in [0.25, 0.3) is 0 Å². The van der Waals surface area contributed by atoms with Crippen molar-refractivity contribution in [3.05, 3.63) is 23.8 Å². The van der Waals surface area contributed by atoms with Crippen molar-refractivity contribution in [3.63, 3.8) is 0 Å². The number of hydrogen-bond donors (Lipinski definition) is 3. The maximum atomic E-state index is 12.6. The number of epoxide rings is 1. The van der Waals surface area contributed by atoms with Gasteiger partial charge in [-0.1, -0.05) is 44.1 Å². The zero-order valence-corrected chi connectivity index (χ0v) is 25.5. The third kappa shape index (κ3) is 11.1. The molecule has 0 radical (unpaired) electrons. The maximum absolute atomic E-state index is 12.6. The Morgan fingerprint density at radius 1 is 1.12 bits per heavy atom. The smallest absolute Gasteiger partial charge is 0.222 e. The summed E-state index contributed by atoms with van der Waals surface area (Å²) in [5.41, 5.74) is 12.3. The van der Waals surface area contributed by atoms with Crippen LogP contribution in [0, 0.1) is 11.8 Å². The quantitative estimate of drug-likeness (QED) is 0.135. The van der Waals surface area contributed by atoms with Crippen LogP contribution in [0.3, 0.4) is 0 Å². The Bertz CT molecular complexity index is 891. The third-order valence-electron chi connectivity index (χ3n) is 8.49. The lowest BCUT2D eigenvalue weighted by molar-refractivity contribution is -0.129. The van der Waals surface area contributed by atoms with E-state index in [1.165, 1.54) is 19.3 Å². The molecule has 10 nitrogen and oxygen atoms in total. The summed E-state index contributed by atoms with van der Waals surface area (Å²) < 4.78 is 29.1. The Hall–Kier alpha value is -1.82. The van der Waals surface area contributed by atoms with Crippen molar-refractivity contribution in [1.82, 2.24) is 5.32 Å². The van der Waals surface area contributed by atoms with E-state index in [9.17, 15) is 9.59 Å². The van der Waals surface area contributed by atoms with Crippen LogP contribution >= 0.6 is 0 Å².